The number of piperidine rings is 2. The molecule has 23 nitrogen and oxygen atoms in total. The maximum atomic E-state index is 10.0. The minimum absolute atomic E-state index is 0. The van der Waals surface area contributed by atoms with Crippen molar-refractivity contribution < 1.29 is 107 Å². The lowest BCUT2D eigenvalue weighted by molar-refractivity contribution is -0.294. The van der Waals surface area contributed by atoms with Gasteiger partial charge in [0.25, 0.3) is 0 Å². The Morgan fingerprint density at radius 3 is 1.04 bits per heavy atom. The lowest BCUT2D eigenvalue weighted by atomic mass is 9.92. The first-order valence-electron chi connectivity index (χ1n) is 14.9. The van der Waals surface area contributed by atoms with Crippen LogP contribution >= 0.6 is 0 Å². The fourth-order valence-electron chi connectivity index (χ4n) is 6.16. The molecular weight excluding hydrogens is 676 g/mol. The fraction of sp³-hybridized carbons (Fsp3) is 1.00. The van der Waals surface area contributed by atoms with Crippen LogP contribution in [0.5, 0.6) is 0 Å². The van der Waals surface area contributed by atoms with Gasteiger partial charge in [0.1, 0.15) is 73.2 Å². The number of aliphatic hydroxyl groups is 14. The zero-order valence-electron chi connectivity index (χ0n) is 26.9. The lowest BCUT2D eigenvalue weighted by Gasteiger charge is -2.47. The van der Waals surface area contributed by atoms with Gasteiger partial charge in [-0.1, -0.05) is 0 Å². The van der Waals surface area contributed by atoms with Crippen molar-refractivity contribution in [3.63, 3.8) is 0 Å². The molecule has 0 aromatic rings. The molecule has 23 heteroatoms. The van der Waals surface area contributed by atoms with E-state index in [1.54, 1.807) is 0 Å². The van der Waals surface area contributed by atoms with Crippen LogP contribution in [0.3, 0.4) is 0 Å². The highest BCUT2D eigenvalue weighted by Crippen LogP contribution is 2.27. The monoisotopic (exact) mass is 732 g/mol. The summed E-state index contributed by atoms with van der Waals surface area (Å²) in [6, 6.07) is -1.73. The maximum Gasteiger partial charge on any atom is 0.186 e. The van der Waals surface area contributed by atoms with Crippen molar-refractivity contribution in [1.82, 2.24) is 9.80 Å². The molecule has 0 amide bonds. The van der Waals surface area contributed by atoms with Crippen LogP contribution in [0.25, 0.3) is 0 Å². The zero-order chi connectivity index (χ0) is 34.6. The number of likely N-dealkylation sites (tertiary alicyclic amines) is 2. The number of β-amino-alcohol motifs (C(OH)–C–C–N with tert-alkyl or cyclic N) is 2. The summed E-state index contributed by atoms with van der Waals surface area (Å²) in [5.74, 6) is 0. The molecule has 18 atom stereocenters. The van der Waals surface area contributed by atoms with Gasteiger partial charge < -0.3 is 107 Å². The van der Waals surface area contributed by atoms with E-state index in [0.29, 0.717) is 0 Å². The number of rotatable bonds is 8. The van der Waals surface area contributed by atoms with Gasteiger partial charge in [-0.2, -0.15) is 0 Å². The van der Waals surface area contributed by atoms with Gasteiger partial charge in [0.05, 0.1) is 37.5 Å². The minimum atomic E-state index is -1.49. The average Bonchev–Trinajstić information content (AvgIpc) is 3.03. The average molecular weight is 733 g/mol. The van der Waals surface area contributed by atoms with Crippen LogP contribution in [0.1, 0.15) is 0 Å². The predicted molar refractivity (Wildman–Crippen MR) is 159 cm³/mol. The molecule has 4 saturated heterocycles. The van der Waals surface area contributed by atoms with Crippen molar-refractivity contribution in [3.8, 4) is 0 Å². The first-order chi connectivity index (χ1) is 21.6. The van der Waals surface area contributed by atoms with E-state index in [2.05, 4.69) is 0 Å². The second kappa shape index (κ2) is 20.9. The van der Waals surface area contributed by atoms with E-state index < -0.39 is 123 Å². The molecule has 4 fully saturated rings. The Bertz CT molecular complexity index is 843. The van der Waals surface area contributed by atoms with E-state index in [1.807, 2.05) is 0 Å². The first-order valence-corrected chi connectivity index (χ1v) is 14.9. The van der Waals surface area contributed by atoms with Crippen molar-refractivity contribution >= 4 is 0 Å². The number of hydrogen-bond donors (Lipinski definition) is 14. The van der Waals surface area contributed by atoms with Gasteiger partial charge in [0.15, 0.2) is 12.6 Å². The summed E-state index contributed by atoms with van der Waals surface area (Å²) in [4.78, 5) is 2.90. The van der Waals surface area contributed by atoms with Crippen LogP contribution in [0.4, 0.5) is 0 Å². The maximum absolute atomic E-state index is 10.0. The molecule has 4 aliphatic heterocycles. The Labute approximate surface area is 280 Å². The Morgan fingerprint density at radius 2 is 0.776 bits per heavy atom. The highest BCUT2D eigenvalue weighted by Gasteiger charge is 2.49. The number of methoxy groups -OCH3 is 2. The van der Waals surface area contributed by atoms with Gasteiger partial charge in [0.2, 0.25) is 0 Å². The van der Waals surface area contributed by atoms with Gasteiger partial charge in [-0.15, -0.1) is 0 Å². The van der Waals surface area contributed by atoms with Crippen LogP contribution in [0, 0.1) is 0 Å². The molecule has 0 saturated carbocycles. The van der Waals surface area contributed by atoms with Crippen molar-refractivity contribution in [3.05, 3.63) is 0 Å². The molecule has 0 aliphatic carbocycles. The van der Waals surface area contributed by atoms with Crippen molar-refractivity contribution in [2.24, 2.45) is 0 Å². The summed E-state index contributed by atoms with van der Waals surface area (Å²) < 4.78 is 20.6. The van der Waals surface area contributed by atoms with E-state index in [9.17, 15) is 71.5 Å². The normalized spacial score (nSPS) is 46.3. The molecule has 0 aromatic heterocycles. The quantitative estimate of drug-likeness (QED) is 0.110. The van der Waals surface area contributed by atoms with Crippen LogP contribution in [-0.2, 0) is 18.9 Å². The zero-order valence-corrected chi connectivity index (χ0v) is 26.9. The summed E-state index contributed by atoms with van der Waals surface area (Å²) in [6.45, 7) is -1.20. The third kappa shape index (κ3) is 10.6. The summed E-state index contributed by atoms with van der Waals surface area (Å²) in [5, 5.41) is 137. The lowest BCUT2D eigenvalue weighted by Crippen LogP contribution is -2.66. The number of ether oxygens (including phenoxy) is 4. The van der Waals surface area contributed by atoms with E-state index in [-0.39, 0.29) is 42.6 Å². The van der Waals surface area contributed by atoms with Crippen LogP contribution in [0.15, 0.2) is 0 Å². The van der Waals surface area contributed by atoms with Gasteiger partial charge in [-0.3, -0.25) is 9.80 Å². The highest BCUT2D eigenvalue weighted by atomic mass is 16.7. The molecule has 4 heterocycles. The molecule has 20 N–H and O–H groups in total. The second-order valence-electron chi connectivity index (χ2n) is 12.0. The summed E-state index contributed by atoms with van der Waals surface area (Å²) in [6.07, 6.45) is -20.9. The molecule has 49 heavy (non-hydrogen) atoms. The van der Waals surface area contributed by atoms with Crippen LogP contribution in [0.2, 0.25) is 0 Å². The smallest absolute Gasteiger partial charge is 0.186 e. The van der Waals surface area contributed by atoms with Gasteiger partial charge in [-0.25, -0.2) is 0 Å². The summed E-state index contributed by atoms with van der Waals surface area (Å²) in [5.41, 5.74) is 0. The molecule has 4 aliphatic rings. The first kappa shape index (κ1) is 48.1. The summed E-state index contributed by atoms with van der Waals surface area (Å²) in [7, 11) is 2.55. The molecule has 0 unspecified atom stereocenters. The molecule has 0 bridgehead atoms. The Hall–Kier alpha value is -0.920. The number of nitrogens with zero attached hydrogens (tertiary/aromatic N) is 2. The number of hydrogen-bond acceptors (Lipinski definition) is 20. The third-order valence-electron chi connectivity index (χ3n) is 9.06. The van der Waals surface area contributed by atoms with Gasteiger partial charge in [0, 0.05) is 40.4 Å². The van der Waals surface area contributed by atoms with Gasteiger partial charge in [-0.05, 0) is 0 Å². The van der Waals surface area contributed by atoms with Crippen LogP contribution in [-0.4, -0.2) is 261 Å². The highest BCUT2D eigenvalue weighted by molar-refractivity contribution is 4.99. The van der Waals surface area contributed by atoms with Crippen LogP contribution < -0.4 is 0 Å². The van der Waals surface area contributed by atoms with Crippen molar-refractivity contribution in [2.75, 3.05) is 53.6 Å². The topological polar surface area (TPSA) is 421 Å². The molecule has 0 spiro atoms. The fourth-order valence-corrected chi connectivity index (χ4v) is 6.16. The van der Waals surface area contributed by atoms with E-state index in [4.69, 9.17) is 18.9 Å². The van der Waals surface area contributed by atoms with Crippen molar-refractivity contribution in [2.45, 2.75) is 110 Å². The largest absolute Gasteiger partial charge is 0.412 e. The standard InChI is InChI=1S/2C13H25NO9.3H2O/c2*1-22-13-12(21)11(20)10(19)7(23-13)3-14-2-6(16)9(18)8(17)5(14)4-15;;;/h2*5-13,15-21H,2-4H2,1H3;3*1H2/t2*5-,6+,7-,8-,9-,10-,11+,12-,13-;;;/m11.../s1. The minimum Gasteiger partial charge on any atom is -0.412 e. The molecule has 296 valence electrons. The second-order valence-corrected chi connectivity index (χ2v) is 12.0. The van der Waals surface area contributed by atoms with E-state index in [1.165, 1.54) is 24.0 Å². The van der Waals surface area contributed by atoms with E-state index >= 15 is 0 Å². The predicted octanol–water partition coefficient (Wildman–Crippen LogP) is -12.1. The third-order valence-corrected chi connectivity index (χ3v) is 9.06. The Kier molecular flexibility index (Phi) is 20.6. The van der Waals surface area contributed by atoms with E-state index in [0.717, 1.165) is 0 Å². The number of aliphatic hydroxyl groups excluding tert-OH is 14. The Balaban J connectivity index is 0.000000886. The molecule has 0 radical (unpaired) electrons. The Morgan fingerprint density at radius 1 is 0.469 bits per heavy atom. The SMILES string of the molecule is CO[C@@H]1O[C@H](CN2C[C@H](O)[C@@H](O)[C@H](O)[C@H]2CO)[C@@H](O)[C@H](O)[C@H]1O.CO[C@@H]1O[C@H](CN2C[C@H](O)[C@@H](O)[C@H](O)[C@H]2CO)[C@@H](O)[C@H](O)[C@H]1O.O.O.O. The summed E-state index contributed by atoms with van der Waals surface area (Å²) >= 11 is 0. The van der Waals surface area contributed by atoms with Gasteiger partial charge >= 0.3 is 0 Å². The molecule has 0 aromatic carbocycles. The molecule has 4 rings (SSSR count). The van der Waals surface area contributed by atoms with Crippen molar-refractivity contribution in [1.29, 1.82) is 0 Å². The molecular formula is C26H56N2O21.